The predicted octanol–water partition coefficient (Wildman–Crippen LogP) is 3.62. The van der Waals surface area contributed by atoms with Crippen LogP contribution in [0.5, 0.6) is 0 Å². The average Bonchev–Trinajstić information content (AvgIpc) is 2.37. The Morgan fingerprint density at radius 2 is 1.84 bits per heavy atom. The highest BCUT2D eigenvalue weighted by Crippen LogP contribution is 2.25. The number of anilines is 1. The summed E-state index contributed by atoms with van der Waals surface area (Å²) in [7, 11) is 1.81. The van der Waals surface area contributed by atoms with E-state index in [1.54, 1.807) is 6.07 Å². The second-order valence-corrected chi connectivity index (χ2v) is 5.47. The standard InChI is InChI=1S/C15H18FN3/c1-15(2,3)12-9-13(17-4)19-14(18-12)10-6-5-7-11(16)8-10/h5-9H,1-4H3,(H,17,18,19). The van der Waals surface area contributed by atoms with Crippen LogP contribution in [-0.2, 0) is 5.41 Å². The van der Waals surface area contributed by atoms with E-state index in [4.69, 9.17) is 0 Å². The van der Waals surface area contributed by atoms with Crippen LogP contribution in [-0.4, -0.2) is 17.0 Å². The van der Waals surface area contributed by atoms with E-state index in [0.29, 0.717) is 11.4 Å². The fraction of sp³-hybridized carbons (Fsp3) is 0.333. The summed E-state index contributed by atoms with van der Waals surface area (Å²) in [5, 5.41) is 3.02. The zero-order valence-corrected chi connectivity index (χ0v) is 11.7. The fourth-order valence-electron chi connectivity index (χ4n) is 1.72. The van der Waals surface area contributed by atoms with Gasteiger partial charge in [-0.2, -0.15) is 0 Å². The first-order chi connectivity index (χ1) is 8.90. The van der Waals surface area contributed by atoms with Crippen molar-refractivity contribution >= 4 is 5.82 Å². The monoisotopic (exact) mass is 259 g/mol. The number of hydrogen-bond donors (Lipinski definition) is 1. The van der Waals surface area contributed by atoms with Gasteiger partial charge in [-0.25, -0.2) is 14.4 Å². The molecule has 2 rings (SSSR count). The van der Waals surface area contributed by atoms with Crippen LogP contribution in [0.25, 0.3) is 11.4 Å². The zero-order valence-electron chi connectivity index (χ0n) is 11.7. The minimum absolute atomic E-state index is 0.0867. The van der Waals surface area contributed by atoms with Gasteiger partial charge in [0.1, 0.15) is 11.6 Å². The lowest BCUT2D eigenvalue weighted by molar-refractivity contribution is 0.568. The SMILES string of the molecule is CNc1cc(C(C)(C)C)nc(-c2cccc(F)c2)n1. The quantitative estimate of drug-likeness (QED) is 0.895. The van der Waals surface area contributed by atoms with E-state index in [2.05, 4.69) is 36.1 Å². The van der Waals surface area contributed by atoms with Gasteiger partial charge in [0.2, 0.25) is 0 Å². The molecule has 0 atom stereocenters. The lowest BCUT2D eigenvalue weighted by atomic mass is 9.92. The third-order valence-corrected chi connectivity index (χ3v) is 2.83. The van der Waals surface area contributed by atoms with Crippen molar-refractivity contribution in [2.24, 2.45) is 0 Å². The summed E-state index contributed by atoms with van der Waals surface area (Å²) in [6, 6.07) is 8.25. The largest absolute Gasteiger partial charge is 0.373 e. The summed E-state index contributed by atoms with van der Waals surface area (Å²) >= 11 is 0. The molecule has 1 N–H and O–H groups in total. The Bertz CT molecular complexity index is 588. The molecular formula is C15H18FN3. The van der Waals surface area contributed by atoms with Gasteiger partial charge in [0.05, 0.1) is 5.69 Å². The highest BCUT2D eigenvalue weighted by atomic mass is 19.1. The van der Waals surface area contributed by atoms with Gasteiger partial charge in [0, 0.05) is 24.1 Å². The highest BCUT2D eigenvalue weighted by Gasteiger charge is 2.18. The lowest BCUT2D eigenvalue weighted by Crippen LogP contribution is -2.15. The maximum absolute atomic E-state index is 13.3. The summed E-state index contributed by atoms with van der Waals surface area (Å²) in [5.41, 5.74) is 1.52. The number of halogens is 1. The Morgan fingerprint density at radius 3 is 2.42 bits per heavy atom. The molecule has 0 saturated carbocycles. The topological polar surface area (TPSA) is 37.8 Å². The van der Waals surface area contributed by atoms with Crippen molar-refractivity contribution < 1.29 is 4.39 Å². The maximum Gasteiger partial charge on any atom is 0.161 e. The number of benzene rings is 1. The van der Waals surface area contributed by atoms with Crippen molar-refractivity contribution in [3.63, 3.8) is 0 Å². The third-order valence-electron chi connectivity index (χ3n) is 2.83. The number of aromatic nitrogens is 2. The molecule has 1 aromatic heterocycles. The Hall–Kier alpha value is -1.97. The van der Waals surface area contributed by atoms with Crippen molar-refractivity contribution in [3.8, 4) is 11.4 Å². The van der Waals surface area contributed by atoms with Crippen LogP contribution >= 0.6 is 0 Å². The van der Waals surface area contributed by atoms with Gasteiger partial charge in [-0.05, 0) is 12.1 Å². The first-order valence-electron chi connectivity index (χ1n) is 6.23. The van der Waals surface area contributed by atoms with Gasteiger partial charge < -0.3 is 5.32 Å². The van der Waals surface area contributed by atoms with Crippen LogP contribution in [0.15, 0.2) is 30.3 Å². The van der Waals surface area contributed by atoms with Crippen molar-refractivity contribution in [3.05, 3.63) is 41.8 Å². The van der Waals surface area contributed by atoms with Gasteiger partial charge in [-0.3, -0.25) is 0 Å². The normalized spacial score (nSPS) is 11.4. The van der Waals surface area contributed by atoms with Gasteiger partial charge in [0.25, 0.3) is 0 Å². The molecule has 0 aliphatic rings. The summed E-state index contributed by atoms with van der Waals surface area (Å²) in [6.07, 6.45) is 0. The second-order valence-electron chi connectivity index (χ2n) is 5.47. The number of nitrogens with one attached hydrogen (secondary N) is 1. The molecule has 0 aliphatic heterocycles. The van der Waals surface area contributed by atoms with Crippen LogP contribution in [0.3, 0.4) is 0 Å². The zero-order chi connectivity index (χ0) is 14.0. The molecule has 100 valence electrons. The molecule has 3 nitrogen and oxygen atoms in total. The minimum Gasteiger partial charge on any atom is -0.373 e. The van der Waals surface area contributed by atoms with Crippen molar-refractivity contribution in [2.75, 3.05) is 12.4 Å². The van der Waals surface area contributed by atoms with Gasteiger partial charge >= 0.3 is 0 Å². The summed E-state index contributed by atoms with van der Waals surface area (Å²) < 4.78 is 13.3. The number of nitrogens with zero attached hydrogens (tertiary/aromatic N) is 2. The van der Waals surface area contributed by atoms with E-state index in [9.17, 15) is 4.39 Å². The van der Waals surface area contributed by atoms with Gasteiger partial charge in [-0.15, -0.1) is 0 Å². The van der Waals surface area contributed by atoms with E-state index in [1.165, 1.54) is 12.1 Å². The Morgan fingerprint density at radius 1 is 1.11 bits per heavy atom. The molecule has 0 radical (unpaired) electrons. The van der Waals surface area contributed by atoms with E-state index in [0.717, 1.165) is 11.5 Å². The Kier molecular flexibility index (Phi) is 3.51. The molecule has 0 amide bonds. The number of rotatable bonds is 2. The van der Waals surface area contributed by atoms with E-state index in [-0.39, 0.29) is 11.2 Å². The molecule has 0 spiro atoms. The maximum atomic E-state index is 13.3. The highest BCUT2D eigenvalue weighted by molar-refractivity contribution is 5.58. The second kappa shape index (κ2) is 4.96. The lowest BCUT2D eigenvalue weighted by Gasteiger charge is -2.19. The fourth-order valence-corrected chi connectivity index (χ4v) is 1.72. The molecule has 0 aliphatic carbocycles. The van der Waals surface area contributed by atoms with Crippen molar-refractivity contribution in [1.29, 1.82) is 0 Å². The van der Waals surface area contributed by atoms with Crippen molar-refractivity contribution in [2.45, 2.75) is 26.2 Å². The van der Waals surface area contributed by atoms with Crippen LogP contribution < -0.4 is 5.32 Å². The van der Waals surface area contributed by atoms with Crippen LogP contribution in [0.2, 0.25) is 0 Å². The Labute approximate surface area is 112 Å². The molecule has 0 bridgehead atoms. The van der Waals surface area contributed by atoms with E-state index >= 15 is 0 Å². The first kappa shape index (κ1) is 13.5. The molecule has 4 heteroatoms. The van der Waals surface area contributed by atoms with Gasteiger partial charge in [0.15, 0.2) is 5.82 Å². The molecule has 0 saturated heterocycles. The smallest absolute Gasteiger partial charge is 0.161 e. The summed E-state index contributed by atoms with van der Waals surface area (Å²) in [5.74, 6) is 0.990. The molecule has 0 fully saturated rings. The molecule has 1 aromatic carbocycles. The number of hydrogen-bond acceptors (Lipinski definition) is 3. The molecule has 2 aromatic rings. The molecule has 0 unspecified atom stereocenters. The van der Waals surface area contributed by atoms with Crippen LogP contribution in [0.1, 0.15) is 26.5 Å². The predicted molar refractivity (Wildman–Crippen MR) is 75.7 cm³/mol. The van der Waals surface area contributed by atoms with Gasteiger partial charge in [-0.1, -0.05) is 32.9 Å². The van der Waals surface area contributed by atoms with Crippen LogP contribution in [0.4, 0.5) is 10.2 Å². The van der Waals surface area contributed by atoms with Crippen molar-refractivity contribution in [1.82, 2.24) is 9.97 Å². The third kappa shape index (κ3) is 3.08. The van der Waals surface area contributed by atoms with E-state index < -0.39 is 0 Å². The molecule has 19 heavy (non-hydrogen) atoms. The summed E-state index contributed by atoms with van der Waals surface area (Å²) in [4.78, 5) is 8.93. The summed E-state index contributed by atoms with van der Waals surface area (Å²) in [6.45, 7) is 6.26. The first-order valence-corrected chi connectivity index (χ1v) is 6.23. The minimum atomic E-state index is -0.284. The Balaban J connectivity index is 2.57. The van der Waals surface area contributed by atoms with E-state index in [1.807, 2.05) is 19.2 Å². The van der Waals surface area contributed by atoms with Crippen LogP contribution in [0, 0.1) is 5.82 Å². The molecular weight excluding hydrogens is 241 g/mol. The average molecular weight is 259 g/mol. The molecule has 1 heterocycles.